The highest BCUT2D eigenvalue weighted by Gasteiger charge is 2.22. The van der Waals surface area contributed by atoms with Gasteiger partial charge in [0.05, 0.1) is 25.4 Å². The van der Waals surface area contributed by atoms with Crippen molar-refractivity contribution < 1.29 is 9.13 Å². The van der Waals surface area contributed by atoms with Gasteiger partial charge in [-0.15, -0.1) is 0 Å². The van der Waals surface area contributed by atoms with Gasteiger partial charge in [-0.1, -0.05) is 18.6 Å². The molecule has 1 unspecified atom stereocenters. The molecule has 0 aliphatic carbocycles. The van der Waals surface area contributed by atoms with Crippen molar-refractivity contribution in [2.75, 3.05) is 33.3 Å². The fourth-order valence-corrected chi connectivity index (χ4v) is 3.74. The summed E-state index contributed by atoms with van der Waals surface area (Å²) < 4.78 is 19.2. The molecule has 1 aliphatic rings. The van der Waals surface area contributed by atoms with Crippen LogP contribution in [-0.2, 0) is 6.54 Å². The van der Waals surface area contributed by atoms with Gasteiger partial charge in [0, 0.05) is 19.3 Å². The van der Waals surface area contributed by atoms with Crippen LogP contribution in [0.3, 0.4) is 0 Å². The van der Waals surface area contributed by atoms with E-state index in [1.807, 2.05) is 19.1 Å². The summed E-state index contributed by atoms with van der Waals surface area (Å²) in [6.07, 6.45) is 5.32. The summed E-state index contributed by atoms with van der Waals surface area (Å²) in [5, 5.41) is 6.70. The maximum absolute atomic E-state index is 13.9. The largest absolute Gasteiger partial charge is 0.497 e. The van der Waals surface area contributed by atoms with Gasteiger partial charge in [-0.05, 0) is 62.7 Å². The zero-order valence-corrected chi connectivity index (χ0v) is 17.9. The standard InChI is InChI=1S/C23H32FN5O/c1-3-25-23(27-16-21-20(24)8-7-13-26-21)28-17-22(29-14-5-4-6-15-29)18-9-11-19(30-2)12-10-18/h7-13,22H,3-6,14-17H2,1-2H3,(H2,25,27,28). The van der Waals surface area contributed by atoms with Gasteiger partial charge in [0.25, 0.3) is 0 Å². The van der Waals surface area contributed by atoms with Gasteiger partial charge in [-0.3, -0.25) is 9.88 Å². The van der Waals surface area contributed by atoms with Crippen LogP contribution in [0, 0.1) is 5.82 Å². The molecule has 1 saturated heterocycles. The van der Waals surface area contributed by atoms with Gasteiger partial charge < -0.3 is 15.4 Å². The van der Waals surface area contributed by atoms with Crippen molar-refractivity contribution in [2.24, 2.45) is 4.99 Å². The first kappa shape index (κ1) is 22.0. The summed E-state index contributed by atoms with van der Waals surface area (Å²) >= 11 is 0. The number of nitrogens with one attached hydrogen (secondary N) is 2. The van der Waals surface area contributed by atoms with Gasteiger partial charge in [-0.25, -0.2) is 9.38 Å². The molecule has 2 heterocycles. The second-order valence-corrected chi connectivity index (χ2v) is 7.39. The minimum absolute atomic E-state index is 0.193. The Kier molecular flexibility index (Phi) is 8.44. The van der Waals surface area contributed by atoms with E-state index < -0.39 is 0 Å². The zero-order chi connectivity index (χ0) is 21.2. The molecule has 2 N–H and O–H groups in total. The quantitative estimate of drug-likeness (QED) is 0.512. The van der Waals surface area contributed by atoms with Crippen molar-refractivity contribution in [3.63, 3.8) is 0 Å². The van der Waals surface area contributed by atoms with E-state index in [2.05, 4.69) is 37.6 Å². The van der Waals surface area contributed by atoms with Crippen LogP contribution in [0.5, 0.6) is 5.75 Å². The second-order valence-electron chi connectivity index (χ2n) is 7.39. The summed E-state index contributed by atoms with van der Waals surface area (Å²) in [5.41, 5.74) is 1.59. The van der Waals surface area contributed by atoms with Crippen molar-refractivity contribution in [1.82, 2.24) is 20.5 Å². The van der Waals surface area contributed by atoms with Crippen LogP contribution >= 0.6 is 0 Å². The molecule has 30 heavy (non-hydrogen) atoms. The van der Waals surface area contributed by atoms with Gasteiger partial charge in [0.2, 0.25) is 0 Å². The lowest BCUT2D eigenvalue weighted by Gasteiger charge is -2.35. The first-order valence-electron chi connectivity index (χ1n) is 10.7. The van der Waals surface area contributed by atoms with Crippen molar-refractivity contribution in [2.45, 2.75) is 38.8 Å². The molecule has 0 radical (unpaired) electrons. The van der Waals surface area contributed by atoms with E-state index in [1.165, 1.54) is 30.9 Å². The third kappa shape index (κ3) is 6.16. The number of piperidine rings is 1. The molecular weight excluding hydrogens is 381 g/mol. The Morgan fingerprint density at radius 1 is 1.17 bits per heavy atom. The van der Waals surface area contributed by atoms with E-state index in [0.29, 0.717) is 18.2 Å². The molecule has 1 aromatic heterocycles. The number of benzene rings is 1. The number of halogens is 1. The number of guanidine groups is 1. The number of rotatable bonds is 8. The average molecular weight is 414 g/mol. The van der Waals surface area contributed by atoms with Crippen LogP contribution in [0.1, 0.15) is 43.5 Å². The summed E-state index contributed by atoms with van der Waals surface area (Å²) in [6.45, 7) is 5.83. The number of aliphatic imine (C=N–C) groups is 1. The highest BCUT2D eigenvalue weighted by molar-refractivity contribution is 5.79. The Morgan fingerprint density at radius 2 is 1.93 bits per heavy atom. The lowest BCUT2D eigenvalue weighted by molar-refractivity contribution is 0.164. The number of ether oxygens (including phenoxy) is 1. The van der Waals surface area contributed by atoms with Crippen molar-refractivity contribution in [3.8, 4) is 5.75 Å². The summed E-state index contributed by atoms with van der Waals surface area (Å²) in [6, 6.07) is 11.5. The Balaban J connectivity index is 1.72. The molecule has 1 atom stereocenters. The number of hydrogen-bond acceptors (Lipinski definition) is 4. The first-order valence-corrected chi connectivity index (χ1v) is 10.7. The molecule has 0 bridgehead atoms. The molecule has 6 nitrogen and oxygen atoms in total. The number of nitrogens with zero attached hydrogens (tertiary/aromatic N) is 3. The van der Waals surface area contributed by atoms with Crippen LogP contribution in [0.15, 0.2) is 47.6 Å². The van der Waals surface area contributed by atoms with E-state index in [0.717, 1.165) is 25.4 Å². The molecular formula is C23H32FN5O. The lowest BCUT2D eigenvalue weighted by atomic mass is 10.0. The molecule has 1 fully saturated rings. The van der Waals surface area contributed by atoms with E-state index in [9.17, 15) is 4.39 Å². The van der Waals surface area contributed by atoms with Crippen LogP contribution < -0.4 is 15.4 Å². The van der Waals surface area contributed by atoms with Crippen LogP contribution in [0.25, 0.3) is 0 Å². The summed E-state index contributed by atoms with van der Waals surface area (Å²) in [7, 11) is 1.68. The van der Waals surface area contributed by atoms with Gasteiger partial charge in [0.1, 0.15) is 11.6 Å². The van der Waals surface area contributed by atoms with E-state index in [-0.39, 0.29) is 18.4 Å². The minimum atomic E-state index is -0.332. The topological polar surface area (TPSA) is 61.8 Å². The molecule has 2 aromatic rings. The van der Waals surface area contributed by atoms with Crippen LogP contribution in [-0.4, -0.2) is 49.1 Å². The maximum atomic E-state index is 13.9. The molecule has 0 saturated carbocycles. The Morgan fingerprint density at radius 3 is 2.60 bits per heavy atom. The maximum Gasteiger partial charge on any atom is 0.191 e. The third-order valence-corrected chi connectivity index (χ3v) is 5.36. The molecule has 1 aliphatic heterocycles. The Hall–Kier alpha value is -2.67. The fourth-order valence-electron chi connectivity index (χ4n) is 3.74. The summed E-state index contributed by atoms with van der Waals surface area (Å²) in [5.74, 6) is 1.19. The number of methoxy groups -OCH3 is 1. The number of likely N-dealkylation sites (tertiary alicyclic amines) is 1. The number of hydrogen-bond donors (Lipinski definition) is 2. The van der Waals surface area contributed by atoms with Gasteiger partial charge in [-0.2, -0.15) is 0 Å². The Bertz CT molecular complexity index is 805. The van der Waals surface area contributed by atoms with Gasteiger partial charge >= 0.3 is 0 Å². The van der Waals surface area contributed by atoms with Crippen LogP contribution in [0.2, 0.25) is 0 Å². The number of aromatic nitrogens is 1. The summed E-state index contributed by atoms with van der Waals surface area (Å²) in [4.78, 5) is 11.1. The lowest BCUT2D eigenvalue weighted by Crippen LogP contribution is -2.44. The van der Waals surface area contributed by atoms with Gasteiger partial charge in [0.15, 0.2) is 5.96 Å². The van der Waals surface area contributed by atoms with Crippen molar-refractivity contribution in [1.29, 1.82) is 0 Å². The monoisotopic (exact) mass is 413 g/mol. The molecule has 1 aromatic carbocycles. The van der Waals surface area contributed by atoms with E-state index >= 15 is 0 Å². The van der Waals surface area contributed by atoms with Crippen molar-refractivity contribution >= 4 is 5.96 Å². The van der Waals surface area contributed by atoms with Crippen molar-refractivity contribution in [3.05, 3.63) is 59.7 Å². The number of pyridine rings is 1. The molecule has 162 valence electrons. The average Bonchev–Trinajstić information content (AvgIpc) is 2.79. The van der Waals surface area contributed by atoms with E-state index in [1.54, 1.807) is 19.4 Å². The second kappa shape index (κ2) is 11.5. The SMILES string of the molecule is CCNC(=NCc1ncccc1F)NCC(c1ccc(OC)cc1)N1CCCCC1. The smallest absolute Gasteiger partial charge is 0.191 e. The Labute approximate surface area is 178 Å². The highest BCUT2D eigenvalue weighted by atomic mass is 19.1. The highest BCUT2D eigenvalue weighted by Crippen LogP contribution is 2.25. The minimum Gasteiger partial charge on any atom is -0.497 e. The van der Waals surface area contributed by atoms with E-state index in [4.69, 9.17) is 4.74 Å². The normalized spacial score (nSPS) is 16.2. The molecule has 7 heteroatoms. The predicted octanol–water partition coefficient (Wildman–Crippen LogP) is 3.51. The molecule has 0 amide bonds. The molecule has 0 spiro atoms. The zero-order valence-electron chi connectivity index (χ0n) is 17.9. The third-order valence-electron chi connectivity index (χ3n) is 5.36. The molecule has 3 rings (SSSR count). The first-order chi connectivity index (χ1) is 14.7. The predicted molar refractivity (Wildman–Crippen MR) is 118 cm³/mol. The van der Waals surface area contributed by atoms with Crippen LogP contribution in [0.4, 0.5) is 4.39 Å². The fraction of sp³-hybridized carbons (Fsp3) is 0.478.